The summed E-state index contributed by atoms with van der Waals surface area (Å²) in [6.07, 6.45) is 5.57. The molecular weight excluding hydrogens is 180 g/mol. The Labute approximate surface area is 82.1 Å². The van der Waals surface area contributed by atoms with Gasteiger partial charge in [-0.25, -0.2) is 4.98 Å². The smallest absolute Gasteiger partial charge is 0.179 e. The maximum atomic E-state index is 5.51. The number of pyridine rings is 1. The fourth-order valence-electron chi connectivity index (χ4n) is 1.27. The Bertz CT molecular complexity index is 411. The summed E-state index contributed by atoms with van der Waals surface area (Å²) in [5.74, 6) is 0.787. The molecule has 2 aromatic heterocycles. The monoisotopic (exact) mass is 192 g/mol. The molecule has 0 saturated carbocycles. The first-order valence-electron chi connectivity index (χ1n) is 4.45. The maximum Gasteiger partial charge on any atom is 0.179 e. The third-order valence-electron chi connectivity index (χ3n) is 1.93. The zero-order valence-electron chi connectivity index (χ0n) is 8.01. The van der Waals surface area contributed by atoms with Crippen LogP contribution in [0.3, 0.4) is 0 Å². The highest BCUT2D eigenvalue weighted by Crippen LogP contribution is 2.16. The first-order chi connectivity index (χ1) is 6.92. The third kappa shape index (κ3) is 1.70. The fraction of sp³-hybridized carbons (Fsp3) is 0.300. The van der Waals surface area contributed by atoms with Gasteiger partial charge in [-0.3, -0.25) is 0 Å². The molecule has 2 aromatic rings. The van der Waals surface area contributed by atoms with Gasteiger partial charge < -0.3 is 13.9 Å². The van der Waals surface area contributed by atoms with E-state index in [9.17, 15) is 0 Å². The Morgan fingerprint density at radius 1 is 1.36 bits per heavy atom. The van der Waals surface area contributed by atoms with E-state index in [0.29, 0.717) is 13.2 Å². The molecule has 0 bridgehead atoms. The maximum absolute atomic E-state index is 5.51. The van der Waals surface area contributed by atoms with E-state index in [4.69, 9.17) is 9.47 Å². The molecule has 0 radical (unpaired) electrons. The molecule has 0 spiro atoms. The summed E-state index contributed by atoms with van der Waals surface area (Å²) in [5.41, 5.74) is 0.837. The van der Waals surface area contributed by atoms with Gasteiger partial charge in [0.1, 0.15) is 6.61 Å². The van der Waals surface area contributed by atoms with E-state index < -0.39 is 0 Å². The Morgan fingerprint density at radius 3 is 3.14 bits per heavy atom. The number of hydrogen-bond donors (Lipinski definition) is 0. The molecule has 4 nitrogen and oxygen atoms in total. The molecule has 74 valence electrons. The van der Waals surface area contributed by atoms with Crippen molar-refractivity contribution in [2.24, 2.45) is 0 Å². The molecule has 14 heavy (non-hydrogen) atoms. The summed E-state index contributed by atoms with van der Waals surface area (Å²) >= 11 is 0. The SMILES string of the molecule is COCCOc1cccn2ccnc12. The van der Waals surface area contributed by atoms with E-state index in [0.717, 1.165) is 11.4 Å². The second-order valence-corrected chi connectivity index (χ2v) is 2.87. The minimum Gasteiger partial charge on any atom is -0.487 e. The Morgan fingerprint density at radius 2 is 2.29 bits per heavy atom. The molecule has 0 aliphatic rings. The molecule has 2 heterocycles. The third-order valence-corrected chi connectivity index (χ3v) is 1.93. The van der Waals surface area contributed by atoms with Crippen molar-refractivity contribution in [3.05, 3.63) is 30.7 Å². The highest BCUT2D eigenvalue weighted by Gasteiger charge is 2.01. The van der Waals surface area contributed by atoms with E-state index in [1.165, 1.54) is 0 Å². The molecule has 0 amide bonds. The van der Waals surface area contributed by atoms with Crippen LogP contribution in [0.4, 0.5) is 0 Å². The molecular formula is C10H12N2O2. The molecule has 0 fully saturated rings. The molecule has 0 N–H and O–H groups in total. The predicted octanol–water partition coefficient (Wildman–Crippen LogP) is 1.36. The van der Waals surface area contributed by atoms with Crippen molar-refractivity contribution in [1.82, 2.24) is 9.38 Å². The molecule has 0 saturated heterocycles. The summed E-state index contributed by atoms with van der Waals surface area (Å²) in [5, 5.41) is 0. The molecule has 0 aliphatic carbocycles. The van der Waals surface area contributed by atoms with Crippen molar-refractivity contribution in [1.29, 1.82) is 0 Å². The quantitative estimate of drug-likeness (QED) is 0.686. The van der Waals surface area contributed by atoms with Gasteiger partial charge in [-0.15, -0.1) is 0 Å². The zero-order chi connectivity index (χ0) is 9.80. The van der Waals surface area contributed by atoms with Gasteiger partial charge >= 0.3 is 0 Å². The second kappa shape index (κ2) is 4.11. The van der Waals surface area contributed by atoms with Crippen molar-refractivity contribution in [3.8, 4) is 5.75 Å². The van der Waals surface area contributed by atoms with Crippen LogP contribution in [0.15, 0.2) is 30.7 Å². The summed E-state index contributed by atoms with van der Waals surface area (Å²) in [7, 11) is 1.65. The lowest BCUT2D eigenvalue weighted by Gasteiger charge is -2.05. The van der Waals surface area contributed by atoms with E-state index >= 15 is 0 Å². The number of nitrogens with zero attached hydrogens (tertiary/aromatic N) is 2. The average Bonchev–Trinajstić information content (AvgIpc) is 2.67. The van der Waals surface area contributed by atoms with Crippen molar-refractivity contribution >= 4 is 5.65 Å². The van der Waals surface area contributed by atoms with E-state index in [1.54, 1.807) is 13.3 Å². The first kappa shape index (κ1) is 9.02. The lowest BCUT2D eigenvalue weighted by atomic mass is 10.4. The van der Waals surface area contributed by atoms with Gasteiger partial charge in [0.05, 0.1) is 6.61 Å². The van der Waals surface area contributed by atoms with Crippen molar-refractivity contribution < 1.29 is 9.47 Å². The van der Waals surface area contributed by atoms with E-state index in [1.807, 2.05) is 28.9 Å². The van der Waals surface area contributed by atoms with Gasteiger partial charge in [-0.05, 0) is 12.1 Å². The minimum absolute atomic E-state index is 0.545. The average molecular weight is 192 g/mol. The van der Waals surface area contributed by atoms with Gasteiger partial charge in [-0.1, -0.05) is 0 Å². The predicted molar refractivity (Wildman–Crippen MR) is 52.6 cm³/mol. The number of aromatic nitrogens is 2. The van der Waals surface area contributed by atoms with Crippen molar-refractivity contribution in [3.63, 3.8) is 0 Å². The number of methoxy groups -OCH3 is 1. The molecule has 0 unspecified atom stereocenters. The van der Waals surface area contributed by atoms with Gasteiger partial charge in [0.15, 0.2) is 11.4 Å². The summed E-state index contributed by atoms with van der Waals surface area (Å²) in [6.45, 7) is 1.13. The number of hydrogen-bond acceptors (Lipinski definition) is 3. The highest BCUT2D eigenvalue weighted by molar-refractivity contribution is 5.53. The van der Waals surface area contributed by atoms with Crippen LogP contribution in [0.5, 0.6) is 5.75 Å². The highest BCUT2D eigenvalue weighted by atomic mass is 16.5. The number of fused-ring (bicyclic) bond motifs is 1. The molecule has 0 aliphatic heterocycles. The molecule has 0 atom stereocenters. The Hall–Kier alpha value is -1.55. The van der Waals surface area contributed by atoms with Crippen LogP contribution >= 0.6 is 0 Å². The number of imidazole rings is 1. The van der Waals surface area contributed by atoms with Crippen LogP contribution in [0, 0.1) is 0 Å². The fourth-order valence-corrected chi connectivity index (χ4v) is 1.27. The topological polar surface area (TPSA) is 35.8 Å². The minimum atomic E-state index is 0.545. The lowest BCUT2D eigenvalue weighted by Crippen LogP contribution is -2.05. The standard InChI is InChI=1S/C10H12N2O2/c1-13-7-8-14-9-3-2-5-12-6-4-11-10(9)12/h2-6H,7-8H2,1H3. The lowest BCUT2D eigenvalue weighted by molar-refractivity contribution is 0.147. The second-order valence-electron chi connectivity index (χ2n) is 2.87. The normalized spacial score (nSPS) is 10.6. The van der Waals surface area contributed by atoms with Gasteiger partial charge in [0.25, 0.3) is 0 Å². The number of ether oxygens (including phenoxy) is 2. The zero-order valence-corrected chi connectivity index (χ0v) is 8.01. The van der Waals surface area contributed by atoms with Gasteiger partial charge in [0, 0.05) is 25.7 Å². The van der Waals surface area contributed by atoms with Gasteiger partial charge in [-0.2, -0.15) is 0 Å². The van der Waals surface area contributed by atoms with Crippen LogP contribution in [-0.4, -0.2) is 29.7 Å². The largest absolute Gasteiger partial charge is 0.487 e. The molecule has 2 rings (SSSR count). The van der Waals surface area contributed by atoms with Crippen LogP contribution in [0.25, 0.3) is 5.65 Å². The van der Waals surface area contributed by atoms with E-state index in [2.05, 4.69) is 4.98 Å². The van der Waals surface area contributed by atoms with Crippen LogP contribution < -0.4 is 4.74 Å². The van der Waals surface area contributed by atoms with E-state index in [-0.39, 0.29) is 0 Å². The Kier molecular flexibility index (Phi) is 2.65. The van der Waals surface area contributed by atoms with Crippen molar-refractivity contribution in [2.75, 3.05) is 20.3 Å². The summed E-state index contributed by atoms with van der Waals surface area (Å²) in [4.78, 5) is 4.19. The van der Waals surface area contributed by atoms with Crippen LogP contribution in [-0.2, 0) is 4.74 Å². The van der Waals surface area contributed by atoms with Crippen molar-refractivity contribution in [2.45, 2.75) is 0 Å². The Balaban J connectivity index is 2.19. The van der Waals surface area contributed by atoms with Crippen LogP contribution in [0.2, 0.25) is 0 Å². The number of rotatable bonds is 4. The summed E-state index contributed by atoms with van der Waals surface area (Å²) < 4.78 is 12.3. The first-order valence-corrected chi connectivity index (χ1v) is 4.45. The van der Waals surface area contributed by atoms with Crippen LogP contribution in [0.1, 0.15) is 0 Å². The van der Waals surface area contributed by atoms with Gasteiger partial charge in [0.2, 0.25) is 0 Å². The molecule has 4 heteroatoms. The summed E-state index contributed by atoms with van der Waals surface area (Å²) in [6, 6.07) is 3.83. The molecule has 0 aromatic carbocycles.